The van der Waals surface area contributed by atoms with Crippen LogP contribution in [0, 0.1) is 0 Å². The molecule has 142 valence electrons. The molecule has 2 N–H and O–H groups in total. The summed E-state index contributed by atoms with van der Waals surface area (Å²) in [6, 6.07) is 0.719. The van der Waals surface area contributed by atoms with Crippen molar-refractivity contribution in [3.63, 3.8) is 0 Å². The summed E-state index contributed by atoms with van der Waals surface area (Å²) < 4.78 is 0. The molecule has 3 aliphatic rings. The highest BCUT2D eigenvalue weighted by Gasteiger charge is 2.29. The zero-order valence-electron chi connectivity index (χ0n) is 15.6. The van der Waals surface area contributed by atoms with E-state index in [4.69, 9.17) is 0 Å². The quantitative estimate of drug-likeness (QED) is 0.705. The second kappa shape index (κ2) is 8.99. The van der Waals surface area contributed by atoms with Crippen LogP contribution in [0.1, 0.15) is 58.3 Å². The van der Waals surface area contributed by atoms with Crippen molar-refractivity contribution < 1.29 is 9.59 Å². The molecular weight excluding hydrogens is 316 g/mol. The van der Waals surface area contributed by atoms with Crippen LogP contribution in [0.3, 0.4) is 0 Å². The Hall–Kier alpha value is -1.14. The van der Waals surface area contributed by atoms with Gasteiger partial charge in [-0.05, 0) is 32.6 Å². The molecule has 2 aliphatic carbocycles. The predicted octanol–water partition coefficient (Wildman–Crippen LogP) is 1.11. The lowest BCUT2D eigenvalue weighted by Gasteiger charge is -2.37. The van der Waals surface area contributed by atoms with Gasteiger partial charge in [0, 0.05) is 38.3 Å². The van der Waals surface area contributed by atoms with Crippen molar-refractivity contribution in [3.05, 3.63) is 0 Å². The van der Waals surface area contributed by atoms with Crippen LogP contribution in [0.2, 0.25) is 0 Å². The van der Waals surface area contributed by atoms with Gasteiger partial charge in [0.15, 0.2) is 0 Å². The number of hydrogen-bond acceptors (Lipinski definition) is 4. The van der Waals surface area contributed by atoms with Gasteiger partial charge in [-0.15, -0.1) is 0 Å². The fourth-order valence-corrected chi connectivity index (χ4v) is 3.92. The maximum atomic E-state index is 12.6. The molecule has 0 bridgehead atoms. The number of nitrogens with one attached hydrogen (secondary N) is 2. The third-order valence-electron chi connectivity index (χ3n) is 5.85. The average molecular weight is 351 g/mol. The highest BCUT2D eigenvalue weighted by atomic mass is 16.2. The van der Waals surface area contributed by atoms with Crippen LogP contribution >= 0.6 is 0 Å². The normalized spacial score (nSPS) is 25.2. The molecule has 1 atom stereocenters. The molecule has 0 aromatic heterocycles. The lowest BCUT2D eigenvalue weighted by molar-refractivity contribution is -0.128. The van der Waals surface area contributed by atoms with Gasteiger partial charge in [0.1, 0.15) is 0 Å². The molecule has 0 aromatic carbocycles. The number of amides is 2. The Balaban J connectivity index is 1.37. The Kier molecular flexibility index (Phi) is 6.70. The molecule has 3 rings (SSSR count). The molecule has 1 saturated heterocycles. The van der Waals surface area contributed by atoms with Gasteiger partial charge in [-0.2, -0.15) is 0 Å². The van der Waals surface area contributed by atoms with E-state index in [9.17, 15) is 9.59 Å². The third kappa shape index (κ3) is 5.96. The summed E-state index contributed by atoms with van der Waals surface area (Å²) in [4.78, 5) is 28.9. The number of carbonyl (C=O) groups excluding carboxylic acids is 2. The molecule has 1 aliphatic heterocycles. The Morgan fingerprint density at radius 1 is 0.880 bits per heavy atom. The maximum Gasteiger partial charge on any atom is 0.237 e. The molecule has 0 aromatic rings. The van der Waals surface area contributed by atoms with E-state index in [1.54, 1.807) is 0 Å². The summed E-state index contributed by atoms with van der Waals surface area (Å²) in [5.74, 6) is 0.321. The number of hydrogen-bond donors (Lipinski definition) is 2. The summed E-state index contributed by atoms with van der Waals surface area (Å²) in [7, 11) is 0. The lowest BCUT2D eigenvalue weighted by atomic mass is 10.1. The zero-order chi connectivity index (χ0) is 17.6. The van der Waals surface area contributed by atoms with E-state index in [-0.39, 0.29) is 17.9 Å². The molecular formula is C19H34N4O2. The number of nitrogens with zero attached hydrogens (tertiary/aromatic N) is 2. The lowest BCUT2D eigenvalue weighted by Crippen LogP contribution is -2.56. The first-order valence-corrected chi connectivity index (χ1v) is 10.2. The standard InChI is InChI=1S/C19H34N4O2/c1-15(19(25)21-16-6-4-2-3-5-7-16)23-12-10-22(11-13-23)14-18(24)20-17-8-9-17/h15-17H,2-14H2,1H3,(H,20,24)(H,21,25)/t15-/m1/s1. The van der Waals surface area contributed by atoms with E-state index in [0.29, 0.717) is 18.6 Å². The minimum Gasteiger partial charge on any atom is -0.352 e. The number of carbonyl (C=O) groups is 2. The van der Waals surface area contributed by atoms with E-state index < -0.39 is 0 Å². The minimum absolute atomic E-state index is 0.0781. The molecule has 1 heterocycles. The van der Waals surface area contributed by atoms with Gasteiger partial charge < -0.3 is 10.6 Å². The van der Waals surface area contributed by atoms with Gasteiger partial charge in [0.05, 0.1) is 12.6 Å². The molecule has 2 saturated carbocycles. The average Bonchev–Trinajstić information content (AvgIpc) is 3.43. The fraction of sp³-hybridized carbons (Fsp3) is 0.895. The smallest absolute Gasteiger partial charge is 0.237 e. The Labute approximate surface area is 151 Å². The van der Waals surface area contributed by atoms with Crippen molar-refractivity contribution in [2.45, 2.75) is 76.4 Å². The Bertz CT molecular complexity index is 450. The molecule has 3 fully saturated rings. The van der Waals surface area contributed by atoms with Gasteiger partial charge in [-0.3, -0.25) is 19.4 Å². The van der Waals surface area contributed by atoms with Crippen LogP contribution in [0.4, 0.5) is 0 Å². The second-order valence-corrected chi connectivity index (χ2v) is 8.03. The van der Waals surface area contributed by atoms with Gasteiger partial charge in [-0.25, -0.2) is 0 Å². The second-order valence-electron chi connectivity index (χ2n) is 8.03. The van der Waals surface area contributed by atoms with Crippen LogP contribution in [0.25, 0.3) is 0 Å². The van der Waals surface area contributed by atoms with Crippen molar-refractivity contribution in [1.82, 2.24) is 20.4 Å². The maximum absolute atomic E-state index is 12.6. The Morgan fingerprint density at radius 3 is 2.08 bits per heavy atom. The van der Waals surface area contributed by atoms with Gasteiger partial charge >= 0.3 is 0 Å². The van der Waals surface area contributed by atoms with E-state index in [1.807, 2.05) is 6.92 Å². The zero-order valence-corrected chi connectivity index (χ0v) is 15.6. The summed E-state index contributed by atoms with van der Waals surface area (Å²) >= 11 is 0. The van der Waals surface area contributed by atoms with Crippen molar-refractivity contribution in [1.29, 1.82) is 0 Å². The topological polar surface area (TPSA) is 64.7 Å². The number of rotatable bonds is 6. The van der Waals surface area contributed by atoms with Crippen LogP contribution in [0.15, 0.2) is 0 Å². The van der Waals surface area contributed by atoms with Gasteiger partial charge in [-0.1, -0.05) is 25.7 Å². The van der Waals surface area contributed by atoms with Crippen LogP contribution in [-0.2, 0) is 9.59 Å². The molecule has 6 nitrogen and oxygen atoms in total. The molecule has 25 heavy (non-hydrogen) atoms. The first kappa shape index (κ1) is 18.6. The molecule has 0 radical (unpaired) electrons. The van der Waals surface area contributed by atoms with Crippen LogP contribution in [0.5, 0.6) is 0 Å². The summed E-state index contributed by atoms with van der Waals surface area (Å²) in [6.07, 6.45) is 9.60. The van der Waals surface area contributed by atoms with E-state index in [1.165, 1.54) is 25.7 Å². The number of piperazine rings is 1. The highest BCUT2D eigenvalue weighted by Crippen LogP contribution is 2.19. The predicted molar refractivity (Wildman–Crippen MR) is 98.3 cm³/mol. The monoisotopic (exact) mass is 350 g/mol. The van der Waals surface area contributed by atoms with Crippen molar-refractivity contribution in [2.24, 2.45) is 0 Å². The Morgan fingerprint density at radius 2 is 1.48 bits per heavy atom. The van der Waals surface area contributed by atoms with E-state index >= 15 is 0 Å². The first-order chi connectivity index (χ1) is 12.1. The molecule has 2 amide bonds. The molecule has 0 unspecified atom stereocenters. The van der Waals surface area contributed by atoms with Crippen LogP contribution in [-0.4, -0.2) is 72.5 Å². The first-order valence-electron chi connectivity index (χ1n) is 10.2. The fourth-order valence-electron chi connectivity index (χ4n) is 3.92. The third-order valence-corrected chi connectivity index (χ3v) is 5.85. The van der Waals surface area contributed by atoms with E-state index in [2.05, 4.69) is 20.4 Å². The minimum atomic E-state index is -0.0781. The highest BCUT2D eigenvalue weighted by molar-refractivity contribution is 5.81. The molecule has 6 heteroatoms. The summed E-state index contributed by atoms with van der Waals surface area (Å²) in [5, 5.41) is 6.32. The largest absolute Gasteiger partial charge is 0.352 e. The van der Waals surface area contributed by atoms with Crippen molar-refractivity contribution in [3.8, 4) is 0 Å². The van der Waals surface area contributed by atoms with Crippen molar-refractivity contribution in [2.75, 3.05) is 32.7 Å². The molecule has 0 spiro atoms. The van der Waals surface area contributed by atoms with Gasteiger partial charge in [0.25, 0.3) is 0 Å². The summed E-state index contributed by atoms with van der Waals surface area (Å²) in [6.45, 7) is 5.94. The van der Waals surface area contributed by atoms with Gasteiger partial charge in [0.2, 0.25) is 11.8 Å². The van der Waals surface area contributed by atoms with E-state index in [0.717, 1.165) is 51.9 Å². The van der Waals surface area contributed by atoms with Crippen LogP contribution < -0.4 is 10.6 Å². The summed E-state index contributed by atoms with van der Waals surface area (Å²) in [5.41, 5.74) is 0. The van der Waals surface area contributed by atoms with Crippen molar-refractivity contribution >= 4 is 11.8 Å². The SMILES string of the molecule is C[C@H](C(=O)NC1CCCCCC1)N1CCN(CC(=O)NC2CC2)CC1.